The maximum atomic E-state index is 12.7. The average Bonchev–Trinajstić information content (AvgIpc) is 3.08. The standard InChI is InChI=1S/C18H19N3O/c22-18-17-13-20(10-14-5-2-1-3-6-14)11-15(17)12-21(18)16-7-4-8-19-9-16/h1-9,15,17H,10-13H2/t15-,17+/m1/s1. The number of fused-ring (bicyclic) bond motifs is 1. The topological polar surface area (TPSA) is 36.4 Å². The molecule has 1 aromatic carbocycles. The fraction of sp³-hybridized carbons (Fsp3) is 0.333. The summed E-state index contributed by atoms with van der Waals surface area (Å²) in [4.78, 5) is 21.1. The van der Waals surface area contributed by atoms with Crippen LogP contribution < -0.4 is 4.90 Å². The molecular weight excluding hydrogens is 274 g/mol. The van der Waals surface area contributed by atoms with Crippen molar-refractivity contribution in [3.63, 3.8) is 0 Å². The highest BCUT2D eigenvalue weighted by Crippen LogP contribution is 2.35. The summed E-state index contributed by atoms with van der Waals surface area (Å²) < 4.78 is 0. The Morgan fingerprint density at radius 3 is 2.64 bits per heavy atom. The molecule has 0 spiro atoms. The van der Waals surface area contributed by atoms with Crippen molar-refractivity contribution in [3.8, 4) is 0 Å². The highest BCUT2D eigenvalue weighted by molar-refractivity contribution is 5.97. The third-order valence-electron chi connectivity index (χ3n) is 4.72. The van der Waals surface area contributed by atoms with Gasteiger partial charge in [0.1, 0.15) is 0 Å². The van der Waals surface area contributed by atoms with Crippen molar-refractivity contribution in [3.05, 3.63) is 60.4 Å². The number of anilines is 1. The van der Waals surface area contributed by atoms with Gasteiger partial charge in [-0.2, -0.15) is 0 Å². The Labute approximate surface area is 130 Å². The van der Waals surface area contributed by atoms with Crippen molar-refractivity contribution >= 4 is 11.6 Å². The van der Waals surface area contributed by atoms with Gasteiger partial charge < -0.3 is 4.90 Å². The molecule has 2 fully saturated rings. The van der Waals surface area contributed by atoms with Gasteiger partial charge in [0.25, 0.3) is 0 Å². The van der Waals surface area contributed by atoms with Gasteiger partial charge in [-0.05, 0) is 17.7 Å². The van der Waals surface area contributed by atoms with Crippen LogP contribution in [0.5, 0.6) is 0 Å². The lowest BCUT2D eigenvalue weighted by Gasteiger charge is -2.21. The minimum Gasteiger partial charge on any atom is -0.310 e. The number of amides is 1. The molecule has 2 aliphatic heterocycles. The molecule has 1 amide bonds. The van der Waals surface area contributed by atoms with Gasteiger partial charge in [0.05, 0.1) is 17.8 Å². The van der Waals surface area contributed by atoms with Crippen LogP contribution in [0.25, 0.3) is 0 Å². The van der Waals surface area contributed by atoms with E-state index in [4.69, 9.17) is 0 Å². The van der Waals surface area contributed by atoms with E-state index < -0.39 is 0 Å². The van der Waals surface area contributed by atoms with Crippen molar-refractivity contribution in [2.45, 2.75) is 6.54 Å². The van der Waals surface area contributed by atoms with Crippen LogP contribution in [0.2, 0.25) is 0 Å². The Morgan fingerprint density at radius 2 is 1.91 bits per heavy atom. The highest BCUT2D eigenvalue weighted by atomic mass is 16.2. The summed E-state index contributed by atoms with van der Waals surface area (Å²) in [6.45, 7) is 3.63. The minimum absolute atomic E-state index is 0.143. The van der Waals surface area contributed by atoms with E-state index in [-0.39, 0.29) is 11.8 Å². The second-order valence-electron chi connectivity index (χ2n) is 6.21. The molecule has 2 aliphatic rings. The lowest BCUT2D eigenvalue weighted by molar-refractivity contribution is -0.120. The number of carbonyl (C=O) groups excluding carboxylic acids is 1. The normalized spacial score (nSPS) is 24.7. The fourth-order valence-corrected chi connectivity index (χ4v) is 3.67. The molecule has 22 heavy (non-hydrogen) atoms. The van der Waals surface area contributed by atoms with Gasteiger partial charge in [-0.25, -0.2) is 0 Å². The molecule has 2 atom stereocenters. The lowest BCUT2D eigenvalue weighted by atomic mass is 10.0. The van der Waals surface area contributed by atoms with Gasteiger partial charge >= 0.3 is 0 Å². The minimum atomic E-state index is 0.143. The lowest BCUT2D eigenvalue weighted by Crippen LogP contribution is -2.32. The van der Waals surface area contributed by atoms with Crippen molar-refractivity contribution in [2.75, 3.05) is 24.5 Å². The van der Waals surface area contributed by atoms with Crippen LogP contribution in [-0.4, -0.2) is 35.4 Å². The molecule has 112 valence electrons. The number of carbonyl (C=O) groups is 1. The number of hydrogen-bond donors (Lipinski definition) is 0. The molecule has 0 saturated carbocycles. The van der Waals surface area contributed by atoms with E-state index in [1.807, 2.05) is 23.1 Å². The van der Waals surface area contributed by atoms with E-state index in [0.717, 1.165) is 31.9 Å². The predicted molar refractivity (Wildman–Crippen MR) is 85.3 cm³/mol. The molecule has 4 heteroatoms. The second kappa shape index (κ2) is 5.54. The molecule has 4 rings (SSSR count). The SMILES string of the molecule is O=C1[C@H]2CN(Cc3ccccc3)C[C@@H]2CN1c1cccnc1. The van der Waals surface area contributed by atoms with E-state index in [2.05, 4.69) is 34.1 Å². The van der Waals surface area contributed by atoms with Crippen LogP contribution in [0.3, 0.4) is 0 Å². The smallest absolute Gasteiger partial charge is 0.231 e. The van der Waals surface area contributed by atoms with Crippen LogP contribution in [0, 0.1) is 11.8 Å². The zero-order chi connectivity index (χ0) is 14.9. The maximum Gasteiger partial charge on any atom is 0.231 e. The summed E-state index contributed by atoms with van der Waals surface area (Å²) >= 11 is 0. The fourth-order valence-electron chi connectivity index (χ4n) is 3.67. The van der Waals surface area contributed by atoms with E-state index in [0.29, 0.717) is 5.92 Å². The zero-order valence-corrected chi connectivity index (χ0v) is 12.4. The highest BCUT2D eigenvalue weighted by Gasteiger charge is 2.46. The predicted octanol–water partition coefficient (Wildman–Crippen LogP) is 2.18. The molecule has 2 aromatic rings. The van der Waals surface area contributed by atoms with Gasteiger partial charge in [-0.3, -0.25) is 14.7 Å². The van der Waals surface area contributed by atoms with Crippen molar-refractivity contribution in [1.82, 2.24) is 9.88 Å². The Bertz CT molecular complexity index is 659. The van der Waals surface area contributed by atoms with Crippen LogP contribution in [0.1, 0.15) is 5.56 Å². The monoisotopic (exact) mass is 293 g/mol. The first kappa shape index (κ1) is 13.5. The van der Waals surface area contributed by atoms with Crippen LogP contribution in [0.15, 0.2) is 54.9 Å². The number of pyridine rings is 1. The Hall–Kier alpha value is -2.20. The van der Waals surface area contributed by atoms with Crippen molar-refractivity contribution < 1.29 is 4.79 Å². The van der Waals surface area contributed by atoms with Crippen molar-refractivity contribution in [1.29, 1.82) is 0 Å². The van der Waals surface area contributed by atoms with Gasteiger partial charge in [-0.1, -0.05) is 30.3 Å². The summed E-state index contributed by atoms with van der Waals surface area (Å²) in [5.41, 5.74) is 2.25. The Morgan fingerprint density at radius 1 is 1.05 bits per heavy atom. The van der Waals surface area contributed by atoms with Gasteiger partial charge in [0.2, 0.25) is 5.91 Å². The molecule has 1 aromatic heterocycles. The van der Waals surface area contributed by atoms with E-state index in [1.165, 1.54) is 5.56 Å². The average molecular weight is 293 g/mol. The molecule has 4 nitrogen and oxygen atoms in total. The first-order chi connectivity index (χ1) is 10.8. The quantitative estimate of drug-likeness (QED) is 0.870. The number of nitrogens with zero attached hydrogens (tertiary/aromatic N) is 3. The van der Waals surface area contributed by atoms with Crippen molar-refractivity contribution in [2.24, 2.45) is 11.8 Å². The number of aromatic nitrogens is 1. The third kappa shape index (κ3) is 2.40. The molecule has 2 saturated heterocycles. The third-order valence-corrected chi connectivity index (χ3v) is 4.72. The number of rotatable bonds is 3. The molecule has 0 aliphatic carbocycles. The van der Waals surface area contributed by atoms with Gasteiger partial charge in [0.15, 0.2) is 0 Å². The van der Waals surface area contributed by atoms with Crippen LogP contribution >= 0.6 is 0 Å². The van der Waals surface area contributed by atoms with E-state index in [1.54, 1.807) is 12.4 Å². The Kier molecular flexibility index (Phi) is 3.39. The summed E-state index contributed by atoms with van der Waals surface area (Å²) in [6, 6.07) is 14.3. The molecule has 0 unspecified atom stereocenters. The Balaban J connectivity index is 1.44. The molecule has 0 N–H and O–H groups in total. The molecule has 0 bridgehead atoms. The second-order valence-corrected chi connectivity index (χ2v) is 6.21. The number of benzene rings is 1. The molecule has 3 heterocycles. The van der Waals surface area contributed by atoms with E-state index >= 15 is 0 Å². The first-order valence-corrected chi connectivity index (χ1v) is 7.79. The number of likely N-dealkylation sites (tertiary alicyclic amines) is 1. The first-order valence-electron chi connectivity index (χ1n) is 7.79. The summed E-state index contributed by atoms with van der Waals surface area (Å²) in [6.07, 6.45) is 3.52. The summed E-state index contributed by atoms with van der Waals surface area (Å²) in [7, 11) is 0. The van der Waals surface area contributed by atoms with E-state index in [9.17, 15) is 4.79 Å². The molecule has 0 radical (unpaired) electrons. The van der Waals surface area contributed by atoms with Crippen LogP contribution in [0.4, 0.5) is 5.69 Å². The maximum absolute atomic E-state index is 12.7. The van der Waals surface area contributed by atoms with Gasteiger partial charge in [-0.15, -0.1) is 0 Å². The largest absolute Gasteiger partial charge is 0.310 e. The summed E-state index contributed by atoms with van der Waals surface area (Å²) in [5, 5.41) is 0. The zero-order valence-electron chi connectivity index (χ0n) is 12.4. The van der Waals surface area contributed by atoms with Crippen LogP contribution in [-0.2, 0) is 11.3 Å². The molecular formula is C18H19N3O. The van der Waals surface area contributed by atoms with Gasteiger partial charge in [0, 0.05) is 38.3 Å². The number of hydrogen-bond acceptors (Lipinski definition) is 3. The summed E-state index contributed by atoms with van der Waals surface area (Å²) in [5.74, 6) is 0.842.